The predicted octanol–water partition coefficient (Wildman–Crippen LogP) is 4.33. The van der Waals surface area contributed by atoms with Crippen LogP contribution in [0.4, 0.5) is 4.39 Å². The van der Waals surface area contributed by atoms with E-state index in [2.05, 4.69) is 0 Å². The molecule has 0 atom stereocenters. The minimum atomic E-state index is -0.434. The van der Waals surface area contributed by atoms with Crippen LogP contribution in [0.5, 0.6) is 0 Å². The van der Waals surface area contributed by atoms with Gasteiger partial charge < -0.3 is 0 Å². The van der Waals surface area contributed by atoms with Gasteiger partial charge in [-0.25, -0.2) is 4.39 Å². The Balaban J connectivity index is 2.61. The fraction of sp³-hybridized carbons (Fsp3) is 0.0714. The first-order valence-electron chi connectivity index (χ1n) is 5.08. The van der Waals surface area contributed by atoms with E-state index >= 15 is 0 Å². The van der Waals surface area contributed by atoms with Crippen molar-refractivity contribution in [3.63, 3.8) is 0 Å². The summed E-state index contributed by atoms with van der Waals surface area (Å²) in [6, 6.07) is 11.7. The van der Waals surface area contributed by atoms with E-state index in [1.807, 2.05) is 25.1 Å². The number of halogens is 2. The van der Waals surface area contributed by atoms with Gasteiger partial charge >= 0.3 is 0 Å². The van der Waals surface area contributed by atoms with Crippen molar-refractivity contribution in [2.75, 3.05) is 0 Å². The monoisotopic (exact) mass is 245 g/mol. The van der Waals surface area contributed by atoms with Crippen LogP contribution in [0.15, 0.2) is 36.4 Å². The van der Waals surface area contributed by atoms with Crippen LogP contribution in [0.2, 0.25) is 5.02 Å². The molecule has 0 spiro atoms. The van der Waals surface area contributed by atoms with Gasteiger partial charge in [-0.2, -0.15) is 5.26 Å². The van der Waals surface area contributed by atoms with E-state index in [1.165, 1.54) is 6.07 Å². The first kappa shape index (κ1) is 11.6. The minimum absolute atomic E-state index is 0.301. The van der Waals surface area contributed by atoms with Crippen molar-refractivity contribution in [3.8, 4) is 17.2 Å². The summed E-state index contributed by atoms with van der Waals surface area (Å²) in [7, 11) is 0. The molecule has 0 fully saturated rings. The zero-order chi connectivity index (χ0) is 12.4. The summed E-state index contributed by atoms with van der Waals surface area (Å²) >= 11 is 6.04. The second-order valence-corrected chi connectivity index (χ2v) is 4.20. The Morgan fingerprint density at radius 1 is 1.12 bits per heavy atom. The third-order valence-electron chi connectivity index (χ3n) is 2.51. The van der Waals surface area contributed by atoms with Crippen molar-refractivity contribution in [2.45, 2.75) is 6.92 Å². The van der Waals surface area contributed by atoms with Gasteiger partial charge in [0.25, 0.3) is 0 Å². The maximum atomic E-state index is 13.8. The molecule has 0 saturated carbocycles. The molecular weight excluding hydrogens is 237 g/mol. The van der Waals surface area contributed by atoms with Gasteiger partial charge in [-0.05, 0) is 31.2 Å². The van der Waals surface area contributed by atoms with Crippen LogP contribution in [-0.4, -0.2) is 0 Å². The molecule has 0 aliphatic heterocycles. The molecule has 17 heavy (non-hydrogen) atoms. The van der Waals surface area contributed by atoms with E-state index in [1.54, 1.807) is 18.2 Å². The number of hydrogen-bond donors (Lipinski definition) is 0. The van der Waals surface area contributed by atoms with Crippen molar-refractivity contribution in [1.29, 1.82) is 5.26 Å². The van der Waals surface area contributed by atoms with Crippen molar-refractivity contribution in [3.05, 3.63) is 58.4 Å². The number of nitrogens with zero attached hydrogens (tertiary/aromatic N) is 1. The largest absolute Gasteiger partial charge is 0.206 e. The van der Waals surface area contributed by atoms with Crippen molar-refractivity contribution in [1.82, 2.24) is 0 Å². The van der Waals surface area contributed by atoms with Crippen LogP contribution >= 0.6 is 11.6 Å². The van der Waals surface area contributed by atoms with E-state index in [9.17, 15) is 4.39 Å². The molecule has 0 bridgehead atoms. The van der Waals surface area contributed by atoms with E-state index in [0.717, 1.165) is 5.56 Å². The summed E-state index contributed by atoms with van der Waals surface area (Å²) in [5, 5.41) is 9.18. The summed E-state index contributed by atoms with van der Waals surface area (Å²) in [4.78, 5) is 0. The topological polar surface area (TPSA) is 23.8 Å². The molecule has 0 aliphatic carbocycles. The highest BCUT2D eigenvalue weighted by atomic mass is 35.5. The Morgan fingerprint density at radius 3 is 2.53 bits per heavy atom. The third kappa shape index (κ3) is 2.30. The van der Waals surface area contributed by atoms with Crippen LogP contribution in [0.3, 0.4) is 0 Å². The molecule has 0 aromatic heterocycles. The number of hydrogen-bond acceptors (Lipinski definition) is 1. The van der Waals surface area contributed by atoms with Gasteiger partial charge in [0.2, 0.25) is 0 Å². The fourth-order valence-electron chi connectivity index (χ4n) is 1.65. The molecule has 2 rings (SSSR count). The molecule has 0 N–H and O–H groups in total. The lowest BCUT2D eigenvalue weighted by atomic mass is 10.0. The fourth-order valence-corrected chi connectivity index (χ4v) is 1.87. The van der Waals surface area contributed by atoms with Crippen LogP contribution < -0.4 is 0 Å². The molecule has 0 amide bonds. The molecule has 0 unspecified atom stereocenters. The summed E-state index contributed by atoms with van der Waals surface area (Å²) < 4.78 is 13.8. The van der Waals surface area contributed by atoms with Crippen LogP contribution in [0, 0.1) is 24.1 Å². The summed E-state index contributed by atoms with van der Waals surface area (Å²) in [6.45, 7) is 1.92. The average Bonchev–Trinajstić information content (AvgIpc) is 2.32. The van der Waals surface area contributed by atoms with Gasteiger partial charge in [0.15, 0.2) is 0 Å². The maximum absolute atomic E-state index is 13.8. The van der Waals surface area contributed by atoms with E-state index in [4.69, 9.17) is 16.9 Å². The van der Waals surface area contributed by atoms with Crippen LogP contribution in [-0.2, 0) is 0 Å². The molecule has 0 saturated heterocycles. The predicted molar refractivity (Wildman–Crippen MR) is 66.3 cm³/mol. The van der Waals surface area contributed by atoms with Crippen molar-refractivity contribution >= 4 is 11.6 Å². The SMILES string of the molecule is Cc1ccc(Cl)c(-c2ccc(C#N)cc2F)c1. The maximum Gasteiger partial charge on any atom is 0.132 e. The lowest BCUT2D eigenvalue weighted by Crippen LogP contribution is -1.88. The Bertz CT molecular complexity index is 614. The van der Waals surface area contributed by atoms with Gasteiger partial charge in [-0.3, -0.25) is 0 Å². The smallest absolute Gasteiger partial charge is 0.132 e. The standard InChI is InChI=1S/C14H9ClFN/c1-9-2-5-13(15)12(6-9)11-4-3-10(8-17)7-14(11)16/h2-7H,1H3. The lowest BCUT2D eigenvalue weighted by Gasteiger charge is -2.07. The molecule has 2 aromatic carbocycles. The number of aryl methyl sites for hydroxylation is 1. The van der Waals surface area contributed by atoms with Gasteiger partial charge in [-0.1, -0.05) is 29.3 Å². The molecule has 3 heteroatoms. The minimum Gasteiger partial charge on any atom is -0.206 e. The summed E-state index contributed by atoms with van der Waals surface area (Å²) in [5.74, 6) is -0.434. The molecule has 0 aliphatic rings. The summed E-state index contributed by atoms with van der Waals surface area (Å²) in [6.07, 6.45) is 0. The Hall–Kier alpha value is -1.85. The molecule has 2 aromatic rings. The molecule has 1 nitrogen and oxygen atoms in total. The first-order chi connectivity index (χ1) is 8.11. The van der Waals surface area contributed by atoms with E-state index in [0.29, 0.717) is 21.7 Å². The highest BCUT2D eigenvalue weighted by Crippen LogP contribution is 2.31. The number of benzene rings is 2. The van der Waals surface area contributed by atoms with E-state index in [-0.39, 0.29) is 0 Å². The van der Waals surface area contributed by atoms with Gasteiger partial charge in [0, 0.05) is 16.1 Å². The Kier molecular flexibility index (Phi) is 3.12. The Labute approximate surface area is 104 Å². The Morgan fingerprint density at radius 2 is 1.88 bits per heavy atom. The number of rotatable bonds is 1. The van der Waals surface area contributed by atoms with Gasteiger partial charge in [-0.15, -0.1) is 0 Å². The molecule has 0 radical (unpaired) electrons. The van der Waals surface area contributed by atoms with Crippen LogP contribution in [0.25, 0.3) is 11.1 Å². The average molecular weight is 246 g/mol. The van der Waals surface area contributed by atoms with Crippen molar-refractivity contribution in [2.24, 2.45) is 0 Å². The van der Waals surface area contributed by atoms with Crippen LogP contribution in [0.1, 0.15) is 11.1 Å². The second-order valence-electron chi connectivity index (χ2n) is 3.79. The van der Waals surface area contributed by atoms with E-state index < -0.39 is 5.82 Å². The van der Waals surface area contributed by atoms with Crippen molar-refractivity contribution < 1.29 is 4.39 Å². The third-order valence-corrected chi connectivity index (χ3v) is 2.84. The zero-order valence-electron chi connectivity index (χ0n) is 9.17. The van der Waals surface area contributed by atoms with Gasteiger partial charge in [0.05, 0.1) is 11.6 Å². The lowest BCUT2D eigenvalue weighted by molar-refractivity contribution is 0.631. The zero-order valence-corrected chi connectivity index (χ0v) is 9.92. The molecule has 0 heterocycles. The highest BCUT2D eigenvalue weighted by Gasteiger charge is 2.09. The number of nitriles is 1. The first-order valence-corrected chi connectivity index (χ1v) is 5.46. The second kappa shape index (κ2) is 4.57. The normalized spacial score (nSPS) is 10.0. The quantitative estimate of drug-likeness (QED) is 0.734. The molecule has 84 valence electrons. The highest BCUT2D eigenvalue weighted by molar-refractivity contribution is 6.33. The molecular formula is C14H9ClFN. The summed E-state index contributed by atoms with van der Waals surface area (Å²) in [5.41, 5.74) is 2.37. The van der Waals surface area contributed by atoms with Gasteiger partial charge in [0.1, 0.15) is 5.82 Å².